The van der Waals surface area contributed by atoms with Crippen LogP contribution in [0.3, 0.4) is 0 Å². The van der Waals surface area contributed by atoms with Crippen molar-refractivity contribution in [3.8, 4) is 0 Å². The fourth-order valence-corrected chi connectivity index (χ4v) is 5.16. The molecule has 7 heteroatoms. The van der Waals surface area contributed by atoms with E-state index in [2.05, 4.69) is 5.32 Å². The van der Waals surface area contributed by atoms with Gasteiger partial charge in [-0.2, -0.15) is 4.31 Å². The molecule has 1 saturated carbocycles. The number of hydrogen-bond donors (Lipinski definition) is 2. The Morgan fingerprint density at radius 2 is 1.77 bits per heavy atom. The maximum absolute atomic E-state index is 12.8. The normalized spacial score (nSPS) is 20.5. The lowest BCUT2D eigenvalue weighted by Crippen LogP contribution is -2.39. The average molecular weight is 382 g/mol. The molecule has 1 aliphatic carbocycles. The molecule has 0 bridgehead atoms. The third-order valence-electron chi connectivity index (χ3n) is 4.98. The first-order valence-corrected chi connectivity index (χ1v) is 11.0. The van der Waals surface area contributed by atoms with Crippen molar-refractivity contribution in [1.29, 1.82) is 0 Å². The second-order valence-corrected chi connectivity index (χ2v) is 8.87. The van der Waals surface area contributed by atoms with E-state index < -0.39 is 10.0 Å². The molecule has 0 aromatic heterocycles. The van der Waals surface area contributed by atoms with Crippen molar-refractivity contribution >= 4 is 15.9 Å². The molecule has 0 aliphatic heterocycles. The van der Waals surface area contributed by atoms with Crippen LogP contribution in [0.15, 0.2) is 29.2 Å². The van der Waals surface area contributed by atoms with E-state index in [1.807, 2.05) is 13.8 Å². The van der Waals surface area contributed by atoms with Gasteiger partial charge in [0.15, 0.2) is 0 Å². The Bertz CT molecular complexity index is 682. The maximum Gasteiger partial charge on any atom is 0.251 e. The molecule has 2 rings (SSSR count). The van der Waals surface area contributed by atoms with Crippen molar-refractivity contribution in [2.75, 3.05) is 19.6 Å². The van der Waals surface area contributed by atoms with Gasteiger partial charge in [0.05, 0.1) is 4.90 Å². The molecule has 0 saturated heterocycles. The van der Waals surface area contributed by atoms with Crippen molar-refractivity contribution in [3.63, 3.8) is 0 Å². The average Bonchev–Trinajstić information content (AvgIpc) is 3.08. The predicted octanol–water partition coefficient (Wildman–Crippen LogP) is 2.35. The highest BCUT2D eigenvalue weighted by atomic mass is 32.2. The molecule has 1 aromatic carbocycles. The minimum Gasteiger partial charge on any atom is -0.349 e. The molecule has 2 unspecified atom stereocenters. The van der Waals surface area contributed by atoms with Gasteiger partial charge in [0.1, 0.15) is 0 Å². The van der Waals surface area contributed by atoms with E-state index in [1.165, 1.54) is 16.4 Å². The lowest BCUT2D eigenvalue weighted by molar-refractivity contribution is 0.0928. The zero-order valence-electron chi connectivity index (χ0n) is 15.8. The first kappa shape index (κ1) is 20.9. The topological polar surface area (TPSA) is 92.5 Å². The van der Waals surface area contributed by atoms with Gasteiger partial charge in [0.2, 0.25) is 10.0 Å². The number of nitrogens with zero attached hydrogens (tertiary/aromatic N) is 1. The van der Waals surface area contributed by atoms with Crippen LogP contribution >= 0.6 is 0 Å². The van der Waals surface area contributed by atoms with Crippen molar-refractivity contribution < 1.29 is 13.2 Å². The lowest BCUT2D eigenvalue weighted by atomic mass is 10.0. The number of carbonyl (C=O) groups is 1. The molecule has 1 fully saturated rings. The first-order valence-electron chi connectivity index (χ1n) is 9.55. The third-order valence-corrected chi connectivity index (χ3v) is 6.89. The summed E-state index contributed by atoms with van der Waals surface area (Å²) in [5, 5.41) is 3.04. The first-order chi connectivity index (χ1) is 12.4. The van der Waals surface area contributed by atoms with Gasteiger partial charge >= 0.3 is 0 Å². The Morgan fingerprint density at radius 3 is 2.31 bits per heavy atom. The zero-order chi connectivity index (χ0) is 19.2. The van der Waals surface area contributed by atoms with Gasteiger partial charge in [-0.15, -0.1) is 0 Å². The zero-order valence-corrected chi connectivity index (χ0v) is 16.6. The van der Waals surface area contributed by atoms with Crippen LogP contribution in [0.5, 0.6) is 0 Å². The lowest BCUT2D eigenvalue weighted by Gasteiger charge is -2.21. The molecule has 1 amide bonds. The standard InChI is InChI=1S/C19H31N3O3S/c1-3-12-22(13-4-2)26(24,25)17-10-8-15(9-11-17)19(23)21-18-7-5-6-16(18)14-20/h8-11,16,18H,3-7,12-14,20H2,1-2H3,(H,21,23). The van der Waals surface area contributed by atoms with Crippen LogP contribution in [0.25, 0.3) is 0 Å². The number of sulfonamides is 1. The summed E-state index contributed by atoms with van der Waals surface area (Å²) in [7, 11) is -3.52. The van der Waals surface area contributed by atoms with E-state index in [4.69, 9.17) is 5.73 Å². The summed E-state index contributed by atoms with van der Waals surface area (Å²) in [4.78, 5) is 12.7. The van der Waals surface area contributed by atoms with Crippen molar-refractivity contribution in [2.24, 2.45) is 11.7 Å². The quantitative estimate of drug-likeness (QED) is 0.687. The number of benzene rings is 1. The number of carbonyl (C=O) groups excluding carboxylic acids is 1. The van der Waals surface area contributed by atoms with E-state index in [1.54, 1.807) is 12.1 Å². The van der Waals surface area contributed by atoms with Crippen molar-refractivity contribution in [1.82, 2.24) is 9.62 Å². The van der Waals surface area contributed by atoms with Gasteiger partial charge in [-0.05, 0) is 62.4 Å². The van der Waals surface area contributed by atoms with Crippen LogP contribution in [0.4, 0.5) is 0 Å². The summed E-state index contributed by atoms with van der Waals surface area (Å²) in [6.45, 7) is 5.50. The largest absolute Gasteiger partial charge is 0.349 e. The van der Waals surface area contributed by atoms with Gasteiger partial charge in [-0.3, -0.25) is 4.79 Å². The number of hydrogen-bond acceptors (Lipinski definition) is 4. The molecule has 6 nitrogen and oxygen atoms in total. The van der Waals surface area contributed by atoms with E-state index in [9.17, 15) is 13.2 Å². The van der Waals surface area contributed by atoms with Gasteiger partial charge in [-0.25, -0.2) is 8.42 Å². The van der Waals surface area contributed by atoms with Crippen LogP contribution in [-0.4, -0.2) is 44.3 Å². The number of nitrogens with one attached hydrogen (secondary N) is 1. The summed E-state index contributed by atoms with van der Waals surface area (Å²) < 4.78 is 27.0. The fourth-order valence-electron chi connectivity index (χ4n) is 3.54. The molecule has 0 spiro atoms. The van der Waals surface area contributed by atoms with Crippen molar-refractivity contribution in [2.45, 2.75) is 56.9 Å². The van der Waals surface area contributed by atoms with E-state index >= 15 is 0 Å². The second-order valence-electron chi connectivity index (χ2n) is 6.94. The van der Waals surface area contributed by atoms with Gasteiger partial charge < -0.3 is 11.1 Å². The maximum atomic E-state index is 12.8. The molecule has 1 aliphatic rings. The Kier molecular flexibility index (Phi) is 7.61. The minimum absolute atomic E-state index is 0.112. The number of amides is 1. The Labute approximate surface area is 157 Å². The van der Waals surface area contributed by atoms with E-state index in [-0.39, 0.29) is 16.8 Å². The number of rotatable bonds is 9. The SMILES string of the molecule is CCCN(CCC)S(=O)(=O)c1ccc(C(=O)NC2CCCC2CN)cc1. The van der Waals surface area contributed by atoms with Gasteiger partial charge in [0, 0.05) is 24.7 Å². The summed E-state index contributed by atoms with van der Waals surface area (Å²) in [6, 6.07) is 6.34. The smallest absolute Gasteiger partial charge is 0.251 e. The molecule has 1 aromatic rings. The highest BCUT2D eigenvalue weighted by Crippen LogP contribution is 2.25. The van der Waals surface area contributed by atoms with Crippen LogP contribution < -0.4 is 11.1 Å². The highest BCUT2D eigenvalue weighted by Gasteiger charge is 2.28. The second kappa shape index (κ2) is 9.48. The van der Waals surface area contributed by atoms with E-state index in [0.29, 0.717) is 31.1 Å². The fraction of sp³-hybridized carbons (Fsp3) is 0.632. The monoisotopic (exact) mass is 381 g/mol. The molecular formula is C19H31N3O3S. The molecule has 2 atom stereocenters. The predicted molar refractivity (Wildman–Crippen MR) is 103 cm³/mol. The molecule has 0 heterocycles. The summed E-state index contributed by atoms with van der Waals surface area (Å²) in [5.74, 6) is 0.161. The molecule has 0 radical (unpaired) electrons. The molecule has 146 valence electrons. The molecule has 26 heavy (non-hydrogen) atoms. The van der Waals surface area contributed by atoms with Crippen LogP contribution in [0, 0.1) is 5.92 Å². The van der Waals surface area contributed by atoms with E-state index in [0.717, 1.165) is 32.1 Å². The highest BCUT2D eigenvalue weighted by molar-refractivity contribution is 7.89. The Morgan fingerprint density at radius 1 is 1.15 bits per heavy atom. The summed E-state index contributed by atoms with van der Waals surface area (Å²) in [6.07, 6.45) is 4.61. The molecule has 3 N–H and O–H groups in total. The number of nitrogens with two attached hydrogens (primary N) is 1. The van der Waals surface area contributed by atoms with Crippen LogP contribution in [0.2, 0.25) is 0 Å². The van der Waals surface area contributed by atoms with Crippen LogP contribution in [-0.2, 0) is 10.0 Å². The summed E-state index contributed by atoms with van der Waals surface area (Å²) in [5.41, 5.74) is 6.24. The van der Waals surface area contributed by atoms with Crippen molar-refractivity contribution in [3.05, 3.63) is 29.8 Å². The third kappa shape index (κ3) is 4.84. The summed E-state index contributed by atoms with van der Waals surface area (Å²) >= 11 is 0. The van der Waals surface area contributed by atoms with Gasteiger partial charge in [-0.1, -0.05) is 20.3 Å². The Balaban J connectivity index is 2.10. The minimum atomic E-state index is -3.52. The Hall–Kier alpha value is -1.44. The van der Waals surface area contributed by atoms with Crippen LogP contribution in [0.1, 0.15) is 56.3 Å². The van der Waals surface area contributed by atoms with Gasteiger partial charge in [0.25, 0.3) is 5.91 Å². The molecular weight excluding hydrogens is 350 g/mol.